The topological polar surface area (TPSA) is 95.9 Å². The van der Waals surface area contributed by atoms with E-state index in [1.54, 1.807) is 20.8 Å². The number of ether oxygens (including phenoxy) is 1. The molecule has 0 radical (unpaired) electrons. The van der Waals surface area contributed by atoms with Crippen molar-refractivity contribution in [3.63, 3.8) is 0 Å². The van der Waals surface area contributed by atoms with E-state index in [-0.39, 0.29) is 18.2 Å². The molecule has 26 heavy (non-hydrogen) atoms. The first kappa shape index (κ1) is 19.4. The molecular formula is C20H31NO5. The van der Waals surface area contributed by atoms with Crippen LogP contribution in [0.5, 0.6) is 0 Å². The Balaban J connectivity index is 1.75. The van der Waals surface area contributed by atoms with Crippen molar-refractivity contribution in [2.45, 2.75) is 77.6 Å². The molecule has 0 aromatic carbocycles. The summed E-state index contributed by atoms with van der Waals surface area (Å²) in [5.74, 6) is 0.565. The minimum absolute atomic E-state index is 0.00309. The van der Waals surface area contributed by atoms with Gasteiger partial charge in [-0.3, -0.25) is 4.79 Å². The third kappa shape index (κ3) is 3.29. The van der Waals surface area contributed by atoms with Crippen molar-refractivity contribution in [3.8, 4) is 0 Å². The van der Waals surface area contributed by atoms with Crippen LogP contribution in [-0.4, -0.2) is 46.4 Å². The molecule has 3 N–H and O–H groups in total. The highest BCUT2D eigenvalue weighted by atomic mass is 16.6. The number of Topliss-reactive ketones (excluding diaryl/α,β-unsaturated/α-hetero) is 1. The van der Waals surface area contributed by atoms with Gasteiger partial charge in [-0.05, 0) is 69.4 Å². The molecule has 6 nitrogen and oxygen atoms in total. The first-order chi connectivity index (χ1) is 12.0. The average Bonchev–Trinajstić information content (AvgIpc) is 2.91. The van der Waals surface area contributed by atoms with Crippen molar-refractivity contribution < 1.29 is 24.5 Å². The van der Waals surface area contributed by atoms with Crippen LogP contribution in [0.15, 0.2) is 11.1 Å². The summed E-state index contributed by atoms with van der Waals surface area (Å²) in [6.07, 6.45) is 1.12. The van der Waals surface area contributed by atoms with Gasteiger partial charge in [0.2, 0.25) is 0 Å². The van der Waals surface area contributed by atoms with Gasteiger partial charge in [0, 0.05) is 18.4 Å². The van der Waals surface area contributed by atoms with Crippen molar-refractivity contribution in [2.75, 3.05) is 6.54 Å². The molecule has 0 bridgehead atoms. The molecule has 0 unspecified atom stereocenters. The van der Waals surface area contributed by atoms with E-state index in [9.17, 15) is 19.8 Å². The van der Waals surface area contributed by atoms with Crippen molar-refractivity contribution in [3.05, 3.63) is 11.1 Å². The van der Waals surface area contributed by atoms with E-state index in [0.29, 0.717) is 37.2 Å². The molecule has 0 aliphatic heterocycles. The summed E-state index contributed by atoms with van der Waals surface area (Å²) in [5, 5.41) is 24.1. The van der Waals surface area contributed by atoms with Gasteiger partial charge in [-0.2, -0.15) is 0 Å². The van der Waals surface area contributed by atoms with Crippen LogP contribution in [-0.2, 0) is 9.53 Å². The zero-order chi connectivity index (χ0) is 19.3. The molecule has 3 aliphatic rings. The summed E-state index contributed by atoms with van der Waals surface area (Å²) in [7, 11) is 0. The Morgan fingerprint density at radius 3 is 2.62 bits per heavy atom. The van der Waals surface area contributed by atoms with Gasteiger partial charge in [0.25, 0.3) is 0 Å². The molecule has 0 heterocycles. The maximum absolute atomic E-state index is 12.7. The lowest BCUT2D eigenvalue weighted by atomic mass is 9.62. The fourth-order valence-electron chi connectivity index (χ4n) is 5.30. The maximum atomic E-state index is 12.7. The SMILES string of the molecule is C[C@H]1C[C@@H]2C[C@@H](O)C3=C(CCNC(=O)OC(C)(C)C)C(=O)C[C@]32[C@@H](O)C1. The molecule has 6 heteroatoms. The van der Waals surface area contributed by atoms with Crippen LogP contribution < -0.4 is 5.32 Å². The van der Waals surface area contributed by atoms with Crippen LogP contribution in [0.2, 0.25) is 0 Å². The standard InChI is InChI=1S/C20H31NO5/c1-11-7-12-9-14(22)17-13(5-6-21-18(25)26-19(2,3)4)15(23)10-20(12,17)16(24)8-11/h11-12,14,16,22,24H,5-10H2,1-4H3,(H,21,25)/t11-,12+,14+,16-,20-/m0/s1. The van der Waals surface area contributed by atoms with E-state index in [2.05, 4.69) is 12.2 Å². The lowest BCUT2D eigenvalue weighted by Gasteiger charge is -2.44. The van der Waals surface area contributed by atoms with E-state index in [4.69, 9.17) is 4.74 Å². The van der Waals surface area contributed by atoms with Crippen molar-refractivity contribution in [1.29, 1.82) is 0 Å². The number of nitrogens with one attached hydrogen (secondary N) is 1. The summed E-state index contributed by atoms with van der Waals surface area (Å²) in [5.41, 5.74) is 0.198. The maximum Gasteiger partial charge on any atom is 0.407 e. The largest absolute Gasteiger partial charge is 0.444 e. The molecule has 0 aromatic rings. The number of hydrogen-bond acceptors (Lipinski definition) is 5. The normalized spacial score (nSPS) is 36.8. The summed E-state index contributed by atoms with van der Waals surface area (Å²) in [6, 6.07) is 0. The van der Waals surface area contributed by atoms with Crippen LogP contribution in [0.3, 0.4) is 0 Å². The molecule has 5 atom stereocenters. The van der Waals surface area contributed by atoms with Crippen LogP contribution >= 0.6 is 0 Å². The minimum Gasteiger partial charge on any atom is -0.444 e. The molecule has 1 amide bonds. The van der Waals surface area contributed by atoms with Gasteiger partial charge < -0.3 is 20.3 Å². The number of hydrogen-bond donors (Lipinski definition) is 3. The van der Waals surface area contributed by atoms with E-state index < -0.39 is 29.3 Å². The minimum atomic E-state index is -0.664. The summed E-state index contributed by atoms with van der Waals surface area (Å²) >= 11 is 0. The second kappa shape index (κ2) is 6.64. The molecule has 146 valence electrons. The summed E-state index contributed by atoms with van der Waals surface area (Å²) in [6.45, 7) is 7.78. The van der Waals surface area contributed by atoms with Crippen molar-refractivity contribution >= 4 is 11.9 Å². The molecule has 0 saturated heterocycles. The quantitative estimate of drug-likeness (QED) is 0.713. The molecule has 0 aromatic heterocycles. The van der Waals surface area contributed by atoms with Gasteiger partial charge in [-0.25, -0.2) is 4.79 Å². The van der Waals surface area contributed by atoms with Crippen LogP contribution in [0.4, 0.5) is 4.79 Å². The van der Waals surface area contributed by atoms with E-state index in [1.807, 2.05) is 0 Å². The van der Waals surface area contributed by atoms with E-state index >= 15 is 0 Å². The smallest absolute Gasteiger partial charge is 0.407 e. The highest BCUT2D eigenvalue weighted by molar-refractivity contribution is 6.00. The fourth-order valence-corrected chi connectivity index (χ4v) is 5.30. The number of alkyl carbamates (subject to hydrolysis) is 1. The molecule has 2 saturated carbocycles. The van der Waals surface area contributed by atoms with Gasteiger partial charge in [0.15, 0.2) is 5.78 Å². The van der Waals surface area contributed by atoms with Crippen LogP contribution in [0.1, 0.15) is 59.8 Å². The second-order valence-corrected chi connectivity index (χ2v) is 9.25. The second-order valence-electron chi connectivity index (χ2n) is 9.25. The van der Waals surface area contributed by atoms with Gasteiger partial charge in [0.1, 0.15) is 5.60 Å². The number of carbonyl (C=O) groups is 2. The lowest BCUT2D eigenvalue weighted by molar-refractivity contribution is -0.120. The Labute approximate surface area is 155 Å². The highest BCUT2D eigenvalue weighted by Crippen LogP contribution is 2.62. The van der Waals surface area contributed by atoms with E-state index in [0.717, 1.165) is 12.0 Å². The lowest BCUT2D eigenvalue weighted by Crippen LogP contribution is -2.44. The van der Waals surface area contributed by atoms with Gasteiger partial charge in [0.05, 0.1) is 12.2 Å². The zero-order valence-electron chi connectivity index (χ0n) is 16.2. The number of aliphatic hydroxyl groups is 2. The Morgan fingerprint density at radius 2 is 1.96 bits per heavy atom. The monoisotopic (exact) mass is 365 g/mol. The molecule has 3 rings (SSSR count). The predicted molar refractivity (Wildman–Crippen MR) is 96.5 cm³/mol. The number of rotatable bonds is 3. The van der Waals surface area contributed by atoms with Crippen LogP contribution in [0.25, 0.3) is 0 Å². The van der Waals surface area contributed by atoms with Gasteiger partial charge >= 0.3 is 6.09 Å². The molecule has 1 spiro atoms. The first-order valence-corrected chi connectivity index (χ1v) is 9.64. The number of ketones is 1. The Morgan fingerprint density at radius 1 is 1.27 bits per heavy atom. The summed E-state index contributed by atoms with van der Waals surface area (Å²) < 4.78 is 5.21. The van der Waals surface area contributed by atoms with Gasteiger partial charge in [-0.15, -0.1) is 0 Å². The van der Waals surface area contributed by atoms with E-state index in [1.165, 1.54) is 0 Å². The number of carbonyl (C=O) groups excluding carboxylic acids is 2. The zero-order valence-corrected chi connectivity index (χ0v) is 16.2. The Hall–Kier alpha value is -1.40. The Bertz CT molecular complexity index is 635. The fraction of sp³-hybridized carbons (Fsp3) is 0.800. The Kier molecular flexibility index (Phi) is 4.95. The van der Waals surface area contributed by atoms with Crippen molar-refractivity contribution in [2.24, 2.45) is 17.3 Å². The first-order valence-electron chi connectivity index (χ1n) is 9.64. The summed E-state index contributed by atoms with van der Waals surface area (Å²) in [4.78, 5) is 24.5. The molecular weight excluding hydrogens is 334 g/mol. The van der Waals surface area contributed by atoms with Crippen molar-refractivity contribution in [1.82, 2.24) is 5.32 Å². The van der Waals surface area contributed by atoms with Crippen LogP contribution in [0, 0.1) is 17.3 Å². The number of amides is 1. The average molecular weight is 365 g/mol. The third-order valence-electron chi connectivity index (χ3n) is 6.14. The molecule has 3 aliphatic carbocycles. The number of aliphatic hydroxyl groups excluding tert-OH is 2. The molecule has 2 fully saturated rings. The predicted octanol–water partition coefficient (Wildman–Crippen LogP) is 2.33. The third-order valence-corrected chi connectivity index (χ3v) is 6.14. The highest BCUT2D eigenvalue weighted by Gasteiger charge is 2.62. The van der Waals surface area contributed by atoms with Gasteiger partial charge in [-0.1, -0.05) is 6.92 Å².